The number of halogens is 1. The van der Waals surface area contributed by atoms with Gasteiger partial charge in [0.1, 0.15) is 5.75 Å². The highest BCUT2D eigenvalue weighted by Crippen LogP contribution is 2.30. The maximum atomic E-state index is 12.0. The van der Waals surface area contributed by atoms with Crippen molar-refractivity contribution < 1.29 is 19.1 Å². The summed E-state index contributed by atoms with van der Waals surface area (Å²) in [6, 6.07) is 6.58. The molecular weight excluding hydrogens is 332 g/mol. The molecule has 1 amide bonds. The third-order valence-electron chi connectivity index (χ3n) is 3.24. The van der Waals surface area contributed by atoms with Crippen LogP contribution in [0.5, 0.6) is 5.75 Å². The molecule has 0 atom stereocenters. The number of carbonyl (C=O) groups is 2. The second kappa shape index (κ2) is 7.79. The van der Waals surface area contributed by atoms with Crippen molar-refractivity contribution in [1.82, 2.24) is 4.98 Å². The monoisotopic (exact) mass is 348 g/mol. The Balaban J connectivity index is 1.97. The van der Waals surface area contributed by atoms with Crippen molar-refractivity contribution >= 4 is 29.2 Å². The summed E-state index contributed by atoms with van der Waals surface area (Å²) in [7, 11) is 1.47. The molecule has 0 radical (unpaired) electrons. The molecular formula is C17H17ClN2O4. The first-order valence-electron chi connectivity index (χ1n) is 7.14. The summed E-state index contributed by atoms with van der Waals surface area (Å²) in [5.74, 6) is -0.673. The number of amides is 1. The number of hydrogen-bond donors (Lipinski definition) is 1. The van der Waals surface area contributed by atoms with Gasteiger partial charge in [-0.15, -0.1) is 0 Å². The molecule has 1 heterocycles. The molecule has 0 aliphatic carbocycles. The molecule has 2 rings (SSSR count). The maximum absolute atomic E-state index is 12.0. The first-order chi connectivity index (χ1) is 11.4. The van der Waals surface area contributed by atoms with E-state index in [2.05, 4.69) is 10.3 Å². The minimum absolute atomic E-state index is 0.285. The lowest BCUT2D eigenvalue weighted by atomic mass is 10.2. The third kappa shape index (κ3) is 4.45. The number of esters is 1. The third-order valence-corrected chi connectivity index (χ3v) is 3.64. The molecule has 126 valence electrons. The number of ether oxygens (including phenoxy) is 2. The van der Waals surface area contributed by atoms with E-state index in [4.69, 9.17) is 21.1 Å². The van der Waals surface area contributed by atoms with Crippen LogP contribution in [0, 0.1) is 13.8 Å². The Morgan fingerprint density at radius 1 is 1.25 bits per heavy atom. The van der Waals surface area contributed by atoms with Crippen molar-refractivity contribution in [2.45, 2.75) is 13.8 Å². The Hall–Kier alpha value is -2.60. The van der Waals surface area contributed by atoms with E-state index < -0.39 is 18.5 Å². The zero-order chi connectivity index (χ0) is 17.7. The van der Waals surface area contributed by atoms with Crippen molar-refractivity contribution in [1.29, 1.82) is 0 Å². The summed E-state index contributed by atoms with van der Waals surface area (Å²) in [6.07, 6.45) is 1.40. The van der Waals surface area contributed by atoms with Crippen molar-refractivity contribution in [3.05, 3.63) is 52.3 Å². The fourth-order valence-corrected chi connectivity index (χ4v) is 2.07. The van der Waals surface area contributed by atoms with Crippen molar-refractivity contribution in [3.63, 3.8) is 0 Å². The first-order valence-corrected chi connectivity index (χ1v) is 7.52. The largest absolute Gasteiger partial charge is 0.495 e. The van der Waals surface area contributed by atoms with Crippen LogP contribution in [0.15, 0.2) is 30.5 Å². The predicted octanol–water partition coefficient (Wildman–Crippen LogP) is 3.16. The zero-order valence-electron chi connectivity index (χ0n) is 13.6. The number of nitrogens with zero attached hydrogens (tertiary/aromatic N) is 1. The van der Waals surface area contributed by atoms with Gasteiger partial charge >= 0.3 is 5.97 Å². The average Bonchev–Trinajstić information content (AvgIpc) is 2.56. The Bertz CT molecular complexity index is 760. The normalized spacial score (nSPS) is 10.2. The Labute approximate surface area is 144 Å². The highest BCUT2D eigenvalue weighted by Gasteiger charge is 2.13. The number of anilines is 1. The van der Waals surface area contributed by atoms with Crippen LogP contribution in [0.4, 0.5) is 5.69 Å². The van der Waals surface area contributed by atoms with Crippen LogP contribution in [0.3, 0.4) is 0 Å². The SMILES string of the molecule is COc1cc(Cl)c(C)cc1NC(=O)COC(=O)c1ccc(C)nc1. The fraction of sp³-hybridized carbons (Fsp3) is 0.235. The molecule has 0 saturated heterocycles. The van der Waals surface area contributed by atoms with Crippen LogP contribution in [0.25, 0.3) is 0 Å². The summed E-state index contributed by atoms with van der Waals surface area (Å²) in [6.45, 7) is 3.20. The highest BCUT2D eigenvalue weighted by molar-refractivity contribution is 6.31. The summed E-state index contributed by atoms with van der Waals surface area (Å²) in [5, 5.41) is 3.16. The summed E-state index contributed by atoms with van der Waals surface area (Å²) in [4.78, 5) is 27.8. The van der Waals surface area contributed by atoms with E-state index in [1.807, 2.05) is 13.8 Å². The quantitative estimate of drug-likeness (QED) is 0.840. The van der Waals surface area contributed by atoms with Gasteiger partial charge in [0.05, 0.1) is 18.4 Å². The van der Waals surface area contributed by atoms with E-state index in [-0.39, 0.29) is 5.56 Å². The van der Waals surface area contributed by atoms with Gasteiger partial charge in [-0.25, -0.2) is 4.79 Å². The van der Waals surface area contributed by atoms with Gasteiger partial charge in [-0.2, -0.15) is 0 Å². The Morgan fingerprint density at radius 3 is 2.62 bits per heavy atom. The molecule has 0 aliphatic heterocycles. The second-order valence-corrected chi connectivity index (χ2v) is 5.52. The average molecular weight is 349 g/mol. The summed E-state index contributed by atoms with van der Waals surface area (Å²) in [5.41, 5.74) is 2.32. The molecule has 0 spiro atoms. The van der Waals surface area contributed by atoms with E-state index in [1.165, 1.54) is 13.3 Å². The highest BCUT2D eigenvalue weighted by atomic mass is 35.5. The molecule has 6 nitrogen and oxygen atoms in total. The molecule has 0 bridgehead atoms. The molecule has 0 fully saturated rings. The molecule has 0 saturated carbocycles. The Kier molecular flexibility index (Phi) is 5.76. The molecule has 7 heteroatoms. The number of benzene rings is 1. The number of methoxy groups -OCH3 is 1. The zero-order valence-corrected chi connectivity index (χ0v) is 14.3. The van der Waals surface area contributed by atoms with Gasteiger partial charge in [0.15, 0.2) is 6.61 Å². The predicted molar refractivity (Wildman–Crippen MR) is 90.6 cm³/mol. The van der Waals surface area contributed by atoms with Crippen molar-refractivity contribution in [2.24, 2.45) is 0 Å². The smallest absolute Gasteiger partial charge is 0.340 e. The van der Waals surface area contributed by atoms with Crippen molar-refractivity contribution in [3.8, 4) is 5.75 Å². The van der Waals surface area contributed by atoms with Crippen LogP contribution >= 0.6 is 11.6 Å². The lowest BCUT2D eigenvalue weighted by molar-refractivity contribution is -0.119. The van der Waals surface area contributed by atoms with Crippen LogP contribution < -0.4 is 10.1 Å². The molecule has 1 aromatic carbocycles. The maximum Gasteiger partial charge on any atom is 0.340 e. The van der Waals surface area contributed by atoms with E-state index in [9.17, 15) is 9.59 Å². The van der Waals surface area contributed by atoms with Crippen LogP contribution in [-0.2, 0) is 9.53 Å². The van der Waals surface area contributed by atoms with E-state index in [0.717, 1.165) is 11.3 Å². The molecule has 0 unspecified atom stereocenters. The second-order valence-electron chi connectivity index (χ2n) is 5.11. The number of carbonyl (C=O) groups excluding carboxylic acids is 2. The summed E-state index contributed by atoms with van der Waals surface area (Å²) >= 11 is 6.01. The van der Waals surface area contributed by atoms with Crippen LogP contribution in [0.2, 0.25) is 5.02 Å². The van der Waals surface area contributed by atoms with E-state index >= 15 is 0 Å². The topological polar surface area (TPSA) is 77.5 Å². The first kappa shape index (κ1) is 17.7. The number of rotatable bonds is 5. The molecule has 1 N–H and O–H groups in total. The van der Waals surface area contributed by atoms with Gasteiger partial charge in [0.25, 0.3) is 5.91 Å². The van der Waals surface area contributed by atoms with Gasteiger partial charge < -0.3 is 14.8 Å². The van der Waals surface area contributed by atoms with Crippen molar-refractivity contribution in [2.75, 3.05) is 19.0 Å². The minimum Gasteiger partial charge on any atom is -0.495 e. The number of hydrogen-bond acceptors (Lipinski definition) is 5. The van der Waals surface area contributed by atoms with Gasteiger partial charge in [-0.1, -0.05) is 11.6 Å². The lowest BCUT2D eigenvalue weighted by Gasteiger charge is -2.12. The van der Waals surface area contributed by atoms with Crippen LogP contribution in [0.1, 0.15) is 21.6 Å². The van der Waals surface area contributed by atoms with Crippen LogP contribution in [-0.4, -0.2) is 30.6 Å². The summed E-state index contributed by atoms with van der Waals surface area (Å²) < 4.78 is 10.1. The van der Waals surface area contributed by atoms with Gasteiger partial charge in [0.2, 0.25) is 0 Å². The number of pyridine rings is 1. The van der Waals surface area contributed by atoms with Gasteiger partial charge in [-0.05, 0) is 37.6 Å². The number of nitrogens with one attached hydrogen (secondary N) is 1. The molecule has 24 heavy (non-hydrogen) atoms. The molecule has 1 aromatic heterocycles. The van der Waals surface area contributed by atoms with E-state index in [1.54, 1.807) is 24.3 Å². The lowest BCUT2D eigenvalue weighted by Crippen LogP contribution is -2.21. The number of aromatic nitrogens is 1. The standard InChI is InChI=1S/C17H17ClN2O4/c1-10-6-14(15(23-3)7-13(10)18)20-16(21)9-24-17(22)12-5-4-11(2)19-8-12/h4-8H,9H2,1-3H3,(H,20,21). The van der Waals surface area contributed by atoms with Gasteiger partial charge in [-0.3, -0.25) is 9.78 Å². The van der Waals surface area contributed by atoms with Gasteiger partial charge in [0, 0.05) is 23.0 Å². The van der Waals surface area contributed by atoms with E-state index in [0.29, 0.717) is 16.5 Å². The fourth-order valence-electron chi connectivity index (χ4n) is 1.92. The molecule has 2 aromatic rings. The Morgan fingerprint density at radius 2 is 2.00 bits per heavy atom. The minimum atomic E-state index is -0.614. The molecule has 0 aliphatic rings. The number of aryl methyl sites for hydroxylation is 2.